The molecule has 3 aliphatic rings. The van der Waals surface area contributed by atoms with Crippen molar-refractivity contribution < 1.29 is 89.0 Å². The van der Waals surface area contributed by atoms with Gasteiger partial charge >= 0.3 is 5.97 Å². The van der Waals surface area contributed by atoms with Crippen LogP contribution in [0, 0.1) is 0 Å². The molecule has 0 bridgehead atoms. The highest BCUT2D eigenvalue weighted by molar-refractivity contribution is 5.87. The van der Waals surface area contributed by atoms with E-state index in [0.717, 1.165) is 6.08 Å². The Morgan fingerprint density at radius 2 is 1.63 bits per heavy atom. The third-order valence-electron chi connectivity index (χ3n) is 7.89. The quantitative estimate of drug-likeness (QED) is 0.0743. The molecule has 3 heterocycles. The lowest BCUT2D eigenvalue weighted by Gasteiger charge is -2.45. The van der Waals surface area contributed by atoms with E-state index in [-0.39, 0.29) is 11.5 Å². The fourth-order valence-electron chi connectivity index (χ4n) is 5.40. The van der Waals surface area contributed by atoms with E-state index in [2.05, 4.69) is 0 Å². The third-order valence-corrected chi connectivity index (χ3v) is 7.89. The molecule has 18 nitrogen and oxygen atoms in total. The zero-order valence-corrected chi connectivity index (χ0v) is 24.6. The number of methoxy groups -OCH3 is 1. The fraction of sp³-hybridized carbons (Fsp3) is 0.679. The molecule has 260 valence electrons. The average molecular weight is 665 g/mol. The number of benzene rings is 1. The minimum absolute atomic E-state index is 0.126. The molecule has 1 aromatic rings. The van der Waals surface area contributed by atoms with Crippen molar-refractivity contribution in [2.45, 2.75) is 85.8 Å². The molecule has 46 heavy (non-hydrogen) atoms. The summed E-state index contributed by atoms with van der Waals surface area (Å²) >= 11 is 0. The zero-order chi connectivity index (χ0) is 33.8. The lowest BCUT2D eigenvalue weighted by molar-refractivity contribution is -0.379. The largest absolute Gasteiger partial charge is 0.504 e. The van der Waals surface area contributed by atoms with E-state index in [0.29, 0.717) is 5.56 Å². The van der Waals surface area contributed by atoms with Gasteiger partial charge in [0.1, 0.15) is 55.4 Å². The summed E-state index contributed by atoms with van der Waals surface area (Å²) in [7, 11) is 1.34. The second kappa shape index (κ2) is 15.6. The molecule has 3 saturated heterocycles. The second-order valence-electron chi connectivity index (χ2n) is 10.9. The van der Waals surface area contributed by atoms with Crippen molar-refractivity contribution in [1.29, 1.82) is 0 Å². The van der Waals surface area contributed by atoms with Crippen LogP contribution in [0.2, 0.25) is 0 Å². The van der Waals surface area contributed by atoms with Gasteiger partial charge < -0.3 is 84.2 Å². The minimum atomic E-state index is -2.33. The topological polar surface area (TPSA) is 284 Å². The Kier molecular flexibility index (Phi) is 12.3. The van der Waals surface area contributed by atoms with E-state index < -0.39 is 118 Å². The number of hydrogen-bond donors (Lipinski definition) is 10. The van der Waals surface area contributed by atoms with E-state index in [1.165, 1.54) is 31.4 Å². The molecule has 0 spiro atoms. The van der Waals surface area contributed by atoms with Crippen LogP contribution in [-0.4, -0.2) is 170 Å². The summed E-state index contributed by atoms with van der Waals surface area (Å²) in [6.45, 7) is -3.34. The highest BCUT2D eigenvalue weighted by atomic mass is 16.8. The first-order valence-corrected chi connectivity index (χ1v) is 14.3. The summed E-state index contributed by atoms with van der Waals surface area (Å²) < 4.78 is 38.4. The van der Waals surface area contributed by atoms with Crippen LogP contribution in [0.4, 0.5) is 0 Å². The van der Waals surface area contributed by atoms with Crippen LogP contribution in [0.15, 0.2) is 24.3 Å². The van der Waals surface area contributed by atoms with Gasteiger partial charge in [0.05, 0.1) is 33.0 Å². The number of hydrogen-bond acceptors (Lipinski definition) is 18. The summed E-state index contributed by atoms with van der Waals surface area (Å²) in [4.78, 5) is 12.8. The molecule has 18 heteroatoms. The number of esters is 1. The van der Waals surface area contributed by atoms with E-state index in [1.807, 2.05) is 0 Å². The van der Waals surface area contributed by atoms with Crippen molar-refractivity contribution >= 4 is 12.0 Å². The van der Waals surface area contributed by atoms with Gasteiger partial charge in [0.2, 0.25) is 5.79 Å². The van der Waals surface area contributed by atoms with Gasteiger partial charge in [0.15, 0.2) is 30.2 Å². The first-order chi connectivity index (χ1) is 21.9. The van der Waals surface area contributed by atoms with Gasteiger partial charge in [-0.25, -0.2) is 4.79 Å². The summed E-state index contributed by atoms with van der Waals surface area (Å²) in [5.74, 6) is -3.33. The highest BCUT2D eigenvalue weighted by Gasteiger charge is 2.60. The van der Waals surface area contributed by atoms with Crippen LogP contribution in [0.25, 0.3) is 6.08 Å². The van der Waals surface area contributed by atoms with Crippen molar-refractivity contribution in [3.8, 4) is 11.5 Å². The zero-order valence-electron chi connectivity index (χ0n) is 24.6. The van der Waals surface area contributed by atoms with Gasteiger partial charge in [0.25, 0.3) is 0 Å². The van der Waals surface area contributed by atoms with Crippen LogP contribution in [0.1, 0.15) is 12.0 Å². The van der Waals surface area contributed by atoms with Crippen LogP contribution in [-0.2, 0) is 33.2 Å². The average Bonchev–Trinajstić information content (AvgIpc) is 3.31. The molecular weight excluding hydrogens is 624 g/mol. The summed E-state index contributed by atoms with van der Waals surface area (Å²) in [6, 6.07) is 4.26. The van der Waals surface area contributed by atoms with E-state index in [1.54, 1.807) is 0 Å². The molecule has 0 aliphatic carbocycles. The Bertz CT molecular complexity index is 1180. The van der Waals surface area contributed by atoms with Crippen LogP contribution in [0.3, 0.4) is 0 Å². The molecule has 0 radical (unpaired) electrons. The minimum Gasteiger partial charge on any atom is -0.504 e. The van der Waals surface area contributed by atoms with Gasteiger partial charge in [-0.15, -0.1) is 0 Å². The summed E-state index contributed by atoms with van der Waals surface area (Å²) in [5, 5.41) is 101. The number of carbonyl (C=O) groups excluding carboxylic acids is 1. The standard InChI is InChI=1S/C28H40O18/c1-40-15-6-12(2-4-13(15)33)3-5-19(35)43-26-22(37)17(9-30)45-28(26,11-32)46-20-7-14(34)25(18(10-31)41-20)44-27-24(39)23(38)21(36)16(8-29)42-27/h2-6,14,16-18,20-27,29-34,36-39H,7-11H2,1H3/b5-3+/t14-,16+,17+,18+,20-,21+,22+,23+,24+,25-,26+,27-,28-/m0/s1. The molecule has 0 saturated carbocycles. The smallest absolute Gasteiger partial charge is 0.331 e. The Morgan fingerprint density at radius 3 is 2.26 bits per heavy atom. The number of rotatable bonds is 12. The summed E-state index contributed by atoms with van der Waals surface area (Å²) in [6.07, 6.45) is -17.0. The maximum absolute atomic E-state index is 12.8. The lowest BCUT2D eigenvalue weighted by atomic mass is 9.98. The van der Waals surface area contributed by atoms with Crippen molar-refractivity contribution in [3.05, 3.63) is 29.8 Å². The Hall–Kier alpha value is -2.53. The highest BCUT2D eigenvalue weighted by Crippen LogP contribution is 2.38. The van der Waals surface area contributed by atoms with E-state index in [9.17, 15) is 55.9 Å². The van der Waals surface area contributed by atoms with E-state index >= 15 is 0 Å². The molecule has 3 aliphatic heterocycles. The number of phenols is 1. The summed E-state index contributed by atoms with van der Waals surface area (Å²) in [5.41, 5.74) is 0.438. The Morgan fingerprint density at radius 1 is 0.935 bits per heavy atom. The number of phenolic OH excluding ortho intramolecular Hbond substituents is 1. The Balaban J connectivity index is 1.47. The molecule has 3 fully saturated rings. The second-order valence-corrected chi connectivity index (χ2v) is 10.9. The lowest BCUT2D eigenvalue weighted by Crippen LogP contribution is -2.62. The van der Waals surface area contributed by atoms with Gasteiger partial charge in [0, 0.05) is 12.5 Å². The SMILES string of the molecule is COc1cc(/C=C/C(=O)O[C@@H]2[C@H](O)[C@@H](CO)O[C@@]2(CO)O[C@H]2C[C@H](O)[C@H](O[C@@H]3O[C@H](CO)[C@@H](O)[C@@H](O)[C@H]3O)[C@@H](CO)O2)ccc1O. The molecule has 0 amide bonds. The van der Waals surface area contributed by atoms with Crippen molar-refractivity contribution in [3.63, 3.8) is 0 Å². The van der Waals surface area contributed by atoms with Gasteiger partial charge in [-0.2, -0.15) is 0 Å². The fourth-order valence-corrected chi connectivity index (χ4v) is 5.40. The van der Waals surface area contributed by atoms with E-state index in [4.69, 9.17) is 33.2 Å². The van der Waals surface area contributed by atoms with Gasteiger partial charge in [-0.05, 0) is 23.8 Å². The molecule has 0 aromatic heterocycles. The predicted octanol–water partition coefficient (Wildman–Crippen LogP) is -4.56. The molecular formula is C28H40O18. The number of aromatic hydroxyl groups is 1. The molecule has 4 rings (SSSR count). The maximum atomic E-state index is 12.8. The van der Waals surface area contributed by atoms with Crippen molar-refractivity contribution in [2.24, 2.45) is 0 Å². The van der Waals surface area contributed by atoms with Gasteiger partial charge in [-0.1, -0.05) is 6.07 Å². The molecule has 13 atom stereocenters. The molecule has 1 aromatic carbocycles. The normalized spacial score (nSPS) is 39.9. The molecule has 10 N–H and O–H groups in total. The number of aliphatic hydroxyl groups excluding tert-OH is 9. The number of ether oxygens (including phenoxy) is 7. The van der Waals surface area contributed by atoms with Crippen molar-refractivity contribution in [2.75, 3.05) is 33.5 Å². The van der Waals surface area contributed by atoms with Crippen molar-refractivity contribution in [1.82, 2.24) is 0 Å². The molecule has 0 unspecified atom stereocenters. The Labute approximate surface area is 262 Å². The first-order valence-electron chi connectivity index (χ1n) is 14.3. The first kappa shape index (κ1) is 36.3. The van der Waals surface area contributed by atoms with Gasteiger partial charge in [-0.3, -0.25) is 0 Å². The maximum Gasteiger partial charge on any atom is 0.331 e. The predicted molar refractivity (Wildman–Crippen MR) is 147 cm³/mol. The van der Waals surface area contributed by atoms with Crippen LogP contribution >= 0.6 is 0 Å². The monoisotopic (exact) mass is 664 g/mol. The third kappa shape index (κ3) is 7.61. The van der Waals surface area contributed by atoms with Crippen LogP contribution < -0.4 is 4.74 Å². The number of aliphatic hydroxyl groups is 9. The van der Waals surface area contributed by atoms with Crippen LogP contribution in [0.5, 0.6) is 11.5 Å². The number of carbonyl (C=O) groups is 1.